The van der Waals surface area contributed by atoms with Crippen LogP contribution < -0.4 is 0 Å². The third kappa shape index (κ3) is 3.88. The molecule has 0 amide bonds. The van der Waals surface area contributed by atoms with Gasteiger partial charge >= 0.3 is 0 Å². The summed E-state index contributed by atoms with van der Waals surface area (Å²) in [4.78, 5) is 0. The van der Waals surface area contributed by atoms with E-state index in [-0.39, 0.29) is 16.4 Å². The Morgan fingerprint density at radius 3 is 2.00 bits per heavy atom. The summed E-state index contributed by atoms with van der Waals surface area (Å²) in [5.74, 6) is 0. The first kappa shape index (κ1) is 24.7. The molecule has 198 valence electrons. The van der Waals surface area contributed by atoms with Crippen molar-refractivity contribution in [2.45, 2.75) is 84.1 Å². The van der Waals surface area contributed by atoms with Crippen LogP contribution in [0.2, 0.25) is 0 Å². The molecule has 0 saturated heterocycles. The monoisotopic (exact) mass is 511 g/mol. The average Bonchev–Trinajstić information content (AvgIpc) is 3.58. The van der Waals surface area contributed by atoms with E-state index >= 15 is 0 Å². The van der Waals surface area contributed by atoms with Gasteiger partial charge in [-0.05, 0) is 103 Å². The molecule has 2 aliphatic rings. The lowest BCUT2D eigenvalue weighted by atomic mass is 9.76. The third-order valence-corrected chi connectivity index (χ3v) is 9.56. The maximum atomic E-state index is 2.53. The highest BCUT2D eigenvalue weighted by atomic mass is 15.0. The van der Waals surface area contributed by atoms with Gasteiger partial charge in [-0.15, -0.1) is 0 Å². The molecule has 2 aliphatic carbocycles. The van der Waals surface area contributed by atoms with Gasteiger partial charge in [0.05, 0.1) is 0 Å². The second-order valence-corrected chi connectivity index (χ2v) is 14.1. The van der Waals surface area contributed by atoms with Crippen molar-refractivity contribution in [1.29, 1.82) is 0 Å². The van der Waals surface area contributed by atoms with E-state index in [0.29, 0.717) is 0 Å². The van der Waals surface area contributed by atoms with Gasteiger partial charge in [-0.3, -0.25) is 0 Å². The van der Waals surface area contributed by atoms with Crippen LogP contribution in [0.4, 0.5) is 0 Å². The molecule has 0 radical (unpaired) electrons. The Kier molecular flexibility index (Phi) is 5.44. The fraction of sp³-hybridized carbons (Fsp3) is 0.368. The molecule has 0 atom stereocenters. The van der Waals surface area contributed by atoms with Crippen molar-refractivity contribution in [2.75, 3.05) is 0 Å². The van der Waals surface area contributed by atoms with Crippen LogP contribution in [-0.2, 0) is 23.8 Å². The molecule has 1 fully saturated rings. The lowest BCUT2D eigenvalue weighted by Gasteiger charge is -2.28. The number of nitrogens with zero attached hydrogens (tertiary/aromatic N) is 1. The minimum atomic E-state index is 0.0331. The second kappa shape index (κ2) is 8.59. The largest absolute Gasteiger partial charge is 0.335 e. The first-order valence-electron chi connectivity index (χ1n) is 14.9. The van der Waals surface area contributed by atoms with Crippen LogP contribution in [0.25, 0.3) is 32.9 Å². The van der Waals surface area contributed by atoms with Gasteiger partial charge in [0.2, 0.25) is 0 Å². The van der Waals surface area contributed by atoms with E-state index in [0.717, 1.165) is 12.8 Å². The van der Waals surface area contributed by atoms with E-state index in [9.17, 15) is 0 Å². The maximum absolute atomic E-state index is 2.53. The van der Waals surface area contributed by atoms with Gasteiger partial charge in [0.1, 0.15) is 0 Å². The molecule has 1 aromatic heterocycles. The van der Waals surface area contributed by atoms with Crippen LogP contribution in [0.1, 0.15) is 82.6 Å². The fourth-order valence-corrected chi connectivity index (χ4v) is 8.16. The Morgan fingerprint density at radius 1 is 0.615 bits per heavy atom. The van der Waals surface area contributed by atoms with Crippen LogP contribution >= 0.6 is 0 Å². The summed E-state index contributed by atoms with van der Waals surface area (Å²) in [6.45, 7) is 11.8. The Labute approximate surface area is 233 Å². The molecule has 0 aliphatic heterocycles. The smallest absolute Gasteiger partial charge is 0.0496 e. The normalized spacial score (nSPS) is 16.3. The maximum Gasteiger partial charge on any atom is 0.0496 e. The number of para-hydroxylation sites is 1. The predicted molar refractivity (Wildman–Crippen MR) is 167 cm³/mol. The zero-order valence-electron chi connectivity index (χ0n) is 24.3. The zero-order chi connectivity index (χ0) is 27.0. The molecule has 1 heterocycles. The molecule has 4 aromatic carbocycles. The summed E-state index contributed by atoms with van der Waals surface area (Å²) in [5, 5.41) is 2.74. The minimum Gasteiger partial charge on any atom is -0.335 e. The first-order valence-corrected chi connectivity index (χ1v) is 14.9. The quantitative estimate of drug-likeness (QED) is 0.226. The van der Waals surface area contributed by atoms with E-state index < -0.39 is 0 Å². The number of hydrogen-bond acceptors (Lipinski definition) is 0. The van der Waals surface area contributed by atoms with Crippen molar-refractivity contribution in [3.8, 4) is 11.1 Å². The SMILES string of the molecule is CC(C)(Cc1ccc2c(c1)-c1ccccc1C21CCCC1)Cc1ccc2c(c1)c1ccccc1n2C(C)(C)C. The lowest BCUT2D eigenvalue weighted by molar-refractivity contribution is 0.361. The van der Waals surface area contributed by atoms with Gasteiger partial charge in [0.25, 0.3) is 0 Å². The van der Waals surface area contributed by atoms with E-state index in [2.05, 4.69) is 124 Å². The van der Waals surface area contributed by atoms with E-state index in [1.807, 2.05) is 0 Å². The van der Waals surface area contributed by atoms with Crippen molar-refractivity contribution >= 4 is 21.8 Å². The highest BCUT2D eigenvalue weighted by molar-refractivity contribution is 6.08. The Bertz CT molecular complexity index is 1720. The number of hydrogen-bond donors (Lipinski definition) is 0. The van der Waals surface area contributed by atoms with E-state index in [1.165, 1.54) is 69.7 Å². The van der Waals surface area contributed by atoms with Gasteiger partial charge in [-0.25, -0.2) is 0 Å². The molecule has 0 unspecified atom stereocenters. The standard InChI is InChI=1S/C38H41N/c1-36(2,3)39-34-15-9-7-13-29(34)31-23-27(17-19-35(31)39)25-37(4,5)24-26-16-18-33-30(22-26)28-12-6-8-14-32(28)38(33)20-10-11-21-38/h6-9,12-19,22-23H,10-11,20-21,24-25H2,1-5H3. The first-order chi connectivity index (χ1) is 18.7. The van der Waals surface area contributed by atoms with E-state index in [4.69, 9.17) is 0 Å². The van der Waals surface area contributed by atoms with Gasteiger partial charge in [0, 0.05) is 32.8 Å². The van der Waals surface area contributed by atoms with Crippen molar-refractivity contribution in [1.82, 2.24) is 4.57 Å². The van der Waals surface area contributed by atoms with Crippen LogP contribution in [0.15, 0.2) is 84.9 Å². The molecule has 1 nitrogen and oxygen atoms in total. The molecular weight excluding hydrogens is 470 g/mol. The summed E-state index contributed by atoms with van der Waals surface area (Å²) < 4.78 is 2.51. The molecule has 1 heteroatoms. The summed E-state index contributed by atoms with van der Waals surface area (Å²) >= 11 is 0. The van der Waals surface area contributed by atoms with Crippen molar-refractivity contribution in [3.63, 3.8) is 0 Å². The van der Waals surface area contributed by atoms with Crippen molar-refractivity contribution < 1.29 is 0 Å². The third-order valence-electron chi connectivity index (χ3n) is 9.56. The minimum absolute atomic E-state index is 0.0331. The van der Waals surface area contributed by atoms with Gasteiger partial charge in [-0.2, -0.15) is 0 Å². The summed E-state index contributed by atoms with van der Waals surface area (Å²) in [7, 11) is 0. The van der Waals surface area contributed by atoms with Gasteiger partial charge in [-0.1, -0.05) is 93.4 Å². The predicted octanol–water partition coefficient (Wildman–Crippen LogP) is 10.2. The van der Waals surface area contributed by atoms with Crippen LogP contribution in [0, 0.1) is 5.41 Å². The summed E-state index contributed by atoms with van der Waals surface area (Å²) in [6.07, 6.45) is 7.45. The molecular formula is C38H41N. The summed E-state index contributed by atoms with van der Waals surface area (Å²) in [6, 6.07) is 32.8. The highest BCUT2D eigenvalue weighted by Gasteiger charge is 2.44. The molecule has 39 heavy (non-hydrogen) atoms. The molecule has 7 rings (SSSR count). The molecule has 1 saturated carbocycles. The van der Waals surface area contributed by atoms with Gasteiger partial charge in [0.15, 0.2) is 0 Å². The Balaban J connectivity index is 1.21. The molecule has 0 bridgehead atoms. The number of rotatable bonds is 4. The molecule has 1 spiro atoms. The Morgan fingerprint density at radius 2 is 1.23 bits per heavy atom. The van der Waals surface area contributed by atoms with E-state index in [1.54, 1.807) is 11.1 Å². The van der Waals surface area contributed by atoms with Crippen molar-refractivity contribution in [2.24, 2.45) is 5.41 Å². The van der Waals surface area contributed by atoms with Crippen LogP contribution in [-0.4, -0.2) is 4.57 Å². The zero-order valence-corrected chi connectivity index (χ0v) is 24.3. The van der Waals surface area contributed by atoms with Crippen LogP contribution in [0.3, 0.4) is 0 Å². The second-order valence-electron chi connectivity index (χ2n) is 14.1. The molecule has 5 aromatic rings. The molecule has 0 N–H and O–H groups in total. The van der Waals surface area contributed by atoms with Gasteiger partial charge < -0.3 is 4.57 Å². The topological polar surface area (TPSA) is 4.93 Å². The van der Waals surface area contributed by atoms with Crippen LogP contribution in [0.5, 0.6) is 0 Å². The number of benzene rings is 4. The number of aromatic nitrogens is 1. The average molecular weight is 512 g/mol. The summed E-state index contributed by atoms with van der Waals surface area (Å²) in [5.41, 5.74) is 12.2. The lowest BCUT2D eigenvalue weighted by Crippen LogP contribution is -2.21. The van der Waals surface area contributed by atoms with Crippen molar-refractivity contribution in [3.05, 3.63) is 107 Å². The number of fused-ring (bicyclic) bond motifs is 8. The fourth-order valence-electron chi connectivity index (χ4n) is 8.16. The Hall–Kier alpha value is -3.32. The highest BCUT2D eigenvalue weighted by Crippen LogP contribution is 2.57.